The second-order valence-electron chi connectivity index (χ2n) is 19.0. The summed E-state index contributed by atoms with van der Waals surface area (Å²) in [7, 11) is -4.42. The summed E-state index contributed by atoms with van der Waals surface area (Å²) in [5.41, 5.74) is 6.24. The van der Waals surface area contributed by atoms with E-state index in [1.807, 2.05) is 42.6 Å². The molecule has 0 spiro atoms. The molecule has 4 aliphatic rings. The highest BCUT2D eigenvalue weighted by Gasteiger charge is 2.40. The van der Waals surface area contributed by atoms with Crippen molar-refractivity contribution in [3.05, 3.63) is 112 Å². The molecular weight excluding hydrogens is 887 g/mol. The molecule has 1 saturated carbocycles. The van der Waals surface area contributed by atoms with E-state index in [-0.39, 0.29) is 33.3 Å². The number of ether oxygens (including phenoxy) is 1. The summed E-state index contributed by atoms with van der Waals surface area (Å²) in [6, 6.07) is 22.0. The minimum atomic E-state index is -4.42. The number of piperazine rings is 1. The van der Waals surface area contributed by atoms with E-state index in [0.717, 1.165) is 68.1 Å². The van der Waals surface area contributed by atoms with E-state index in [0.29, 0.717) is 54.3 Å². The summed E-state index contributed by atoms with van der Waals surface area (Å²) in [5, 5.41) is 6.28. The van der Waals surface area contributed by atoms with Gasteiger partial charge in [0.25, 0.3) is 15.9 Å². The number of rotatable bonds is 12. The number of aromatic amines is 1. The van der Waals surface area contributed by atoms with Crippen LogP contribution in [0.1, 0.15) is 74.7 Å². The molecule has 12 nitrogen and oxygen atoms in total. The summed E-state index contributed by atoms with van der Waals surface area (Å²) in [4.78, 5) is 29.0. The fourth-order valence-electron chi connectivity index (χ4n) is 9.68. The van der Waals surface area contributed by atoms with E-state index in [2.05, 4.69) is 55.5 Å². The minimum absolute atomic E-state index is 0.00234. The third-order valence-electron chi connectivity index (χ3n) is 13.7. The van der Waals surface area contributed by atoms with Crippen molar-refractivity contribution < 1.29 is 22.3 Å². The number of likely N-dealkylation sites (tertiary alicyclic amines) is 1. The normalized spacial score (nSPS) is 19.6. The van der Waals surface area contributed by atoms with Crippen molar-refractivity contribution in [3.8, 4) is 11.4 Å². The molecule has 340 valence electrons. The van der Waals surface area contributed by atoms with Crippen molar-refractivity contribution >= 4 is 72.5 Å². The summed E-state index contributed by atoms with van der Waals surface area (Å²) < 4.78 is 53.0. The monoisotopic (exact) mass is 938 g/mol. The van der Waals surface area contributed by atoms with E-state index in [1.165, 1.54) is 47.8 Å². The Balaban J connectivity index is 0.875. The number of sulfonamides is 1. The molecular formula is C49H53Cl2FN8O4S. The van der Waals surface area contributed by atoms with Gasteiger partial charge >= 0.3 is 0 Å². The van der Waals surface area contributed by atoms with Gasteiger partial charge in [-0.1, -0.05) is 54.8 Å². The van der Waals surface area contributed by atoms with Gasteiger partial charge in [-0.2, -0.15) is 5.10 Å². The molecule has 65 heavy (non-hydrogen) atoms. The number of pyridine rings is 1. The van der Waals surface area contributed by atoms with Crippen LogP contribution in [0.3, 0.4) is 0 Å². The predicted molar refractivity (Wildman–Crippen MR) is 255 cm³/mol. The molecule has 2 aliphatic carbocycles. The lowest BCUT2D eigenvalue weighted by atomic mass is 9.72. The molecule has 0 radical (unpaired) electrons. The number of carbonyl (C=O) groups is 1. The second kappa shape index (κ2) is 17.3. The number of fused-ring (bicyclic) bond motifs is 2. The maximum absolute atomic E-state index is 15.7. The zero-order chi connectivity index (χ0) is 45.1. The van der Waals surface area contributed by atoms with Crippen LogP contribution in [0.25, 0.3) is 33.3 Å². The first-order valence-corrected chi connectivity index (χ1v) is 24.8. The Bertz CT molecular complexity index is 2910. The number of H-pyrrole nitrogens is 1. The molecule has 3 aromatic carbocycles. The SMILES string of the molecule is CC1(C)CCC(CN2CCN(c3ccc(C(=O)NS(=O)(=O)c4ccc(OCC5(F)CCN(C6CC6)CC5)c(Cl)c4)c(-n4ncc5nc6[nH]ccc6cc54)c3)CC2)=C(c2ccc(Cl)cc2)C1. The Hall–Kier alpha value is -4.99. The lowest BCUT2D eigenvalue weighted by molar-refractivity contribution is 0.0152. The molecule has 10 rings (SSSR count). The molecule has 0 bridgehead atoms. The summed E-state index contributed by atoms with van der Waals surface area (Å²) in [5.74, 6) is -0.671. The van der Waals surface area contributed by atoms with E-state index < -0.39 is 21.6 Å². The smallest absolute Gasteiger partial charge is 0.267 e. The largest absolute Gasteiger partial charge is 0.489 e. The quantitative estimate of drug-likeness (QED) is 0.123. The minimum Gasteiger partial charge on any atom is -0.489 e. The maximum atomic E-state index is 15.7. The zero-order valence-electron chi connectivity index (χ0n) is 36.6. The Morgan fingerprint density at radius 3 is 2.45 bits per heavy atom. The fraction of sp³-hybridized carbons (Fsp3) is 0.408. The van der Waals surface area contributed by atoms with Gasteiger partial charge in [-0.15, -0.1) is 0 Å². The number of halogens is 3. The van der Waals surface area contributed by atoms with Gasteiger partial charge in [0.15, 0.2) is 0 Å². The standard InChI is InChI=1S/C49H53Cl2FN8O4S/c1-48(2)15-13-34(40(28-48)32-3-5-35(50)6-4-32)30-57-21-23-59(24-22-57)37-9-11-39(43(26-37)60-44-25-33-14-18-53-46(33)55-42(44)29-54-60)47(61)56-65(62,63)38-10-12-45(41(51)27-38)64-31-49(52)16-19-58(20-17-49)36-7-8-36/h3-6,9-12,14,18,25-27,29,36H,7-8,13,15-17,19-24,28,30-31H2,1-2H3,(H,53,55)(H,56,61). The third kappa shape index (κ3) is 9.38. The van der Waals surface area contributed by atoms with E-state index in [9.17, 15) is 13.2 Å². The number of aromatic nitrogens is 4. The first-order valence-electron chi connectivity index (χ1n) is 22.5. The van der Waals surface area contributed by atoms with Crippen molar-refractivity contribution in [2.24, 2.45) is 5.41 Å². The summed E-state index contributed by atoms with van der Waals surface area (Å²) in [6.45, 7) is 9.98. The number of carbonyl (C=O) groups excluding carboxylic acids is 1. The predicted octanol–water partition coefficient (Wildman–Crippen LogP) is 9.46. The van der Waals surface area contributed by atoms with Crippen LogP contribution in [-0.2, 0) is 10.0 Å². The lowest BCUT2D eigenvalue weighted by Crippen LogP contribution is -2.47. The number of hydrogen-bond donors (Lipinski definition) is 2. The second-order valence-corrected chi connectivity index (χ2v) is 21.5. The van der Waals surface area contributed by atoms with Crippen LogP contribution in [0.2, 0.25) is 10.0 Å². The topological polar surface area (TPSA) is 129 Å². The van der Waals surface area contributed by atoms with E-state index in [1.54, 1.807) is 16.9 Å². The Morgan fingerprint density at radius 2 is 1.71 bits per heavy atom. The number of benzene rings is 3. The van der Waals surface area contributed by atoms with Crippen LogP contribution in [0, 0.1) is 5.41 Å². The summed E-state index contributed by atoms with van der Waals surface area (Å²) in [6.07, 6.45) is 9.76. The highest BCUT2D eigenvalue weighted by atomic mass is 35.5. The van der Waals surface area contributed by atoms with Gasteiger partial charge in [0.1, 0.15) is 29.2 Å². The average molecular weight is 940 g/mol. The maximum Gasteiger partial charge on any atom is 0.267 e. The third-order valence-corrected chi connectivity index (χ3v) is 15.6. The number of nitrogens with one attached hydrogen (secondary N) is 2. The summed E-state index contributed by atoms with van der Waals surface area (Å²) >= 11 is 12.8. The van der Waals surface area contributed by atoms with E-state index in [4.69, 9.17) is 32.9 Å². The molecule has 5 heterocycles. The van der Waals surface area contributed by atoms with Crippen LogP contribution in [0.4, 0.5) is 10.1 Å². The van der Waals surface area contributed by atoms with Crippen molar-refractivity contribution in [2.75, 3.05) is 57.3 Å². The number of nitrogens with zero attached hydrogens (tertiary/aromatic N) is 6. The van der Waals surface area contributed by atoms with Gasteiger partial charge in [0, 0.05) is 74.1 Å². The van der Waals surface area contributed by atoms with Gasteiger partial charge in [-0.05, 0) is 122 Å². The van der Waals surface area contributed by atoms with Gasteiger partial charge in [0.05, 0.1) is 32.9 Å². The molecule has 6 aromatic rings. The molecule has 2 saturated heterocycles. The molecule has 2 N–H and O–H groups in total. The molecule has 1 amide bonds. The Labute approximate surface area is 388 Å². The number of alkyl halides is 1. The molecule has 3 fully saturated rings. The van der Waals surface area contributed by atoms with Gasteiger partial charge < -0.3 is 19.5 Å². The number of hydrogen-bond acceptors (Lipinski definition) is 9. The first kappa shape index (κ1) is 43.9. The average Bonchev–Trinajstić information content (AvgIpc) is 3.90. The lowest BCUT2D eigenvalue weighted by Gasteiger charge is -2.39. The zero-order valence-corrected chi connectivity index (χ0v) is 39.0. The molecule has 3 aromatic heterocycles. The van der Waals surface area contributed by atoms with Gasteiger partial charge in [0.2, 0.25) is 0 Å². The number of anilines is 1. The van der Waals surface area contributed by atoms with Crippen LogP contribution in [0.15, 0.2) is 95.7 Å². The molecule has 16 heteroatoms. The van der Waals surface area contributed by atoms with Crippen LogP contribution >= 0.6 is 23.2 Å². The van der Waals surface area contributed by atoms with Crippen LogP contribution < -0.4 is 14.4 Å². The van der Waals surface area contributed by atoms with Crippen molar-refractivity contribution in [1.82, 2.24) is 34.3 Å². The number of allylic oxidation sites excluding steroid dienone is 1. The van der Waals surface area contributed by atoms with E-state index >= 15 is 4.39 Å². The van der Waals surface area contributed by atoms with Crippen LogP contribution in [-0.4, -0.2) is 108 Å². The van der Waals surface area contributed by atoms with Gasteiger partial charge in [-0.3, -0.25) is 9.69 Å². The van der Waals surface area contributed by atoms with Crippen molar-refractivity contribution in [2.45, 2.75) is 75.4 Å². The Kier molecular flexibility index (Phi) is 11.7. The van der Waals surface area contributed by atoms with Crippen molar-refractivity contribution in [1.29, 1.82) is 0 Å². The Morgan fingerprint density at radius 1 is 0.938 bits per heavy atom. The fourth-order valence-corrected chi connectivity index (χ4v) is 11.1. The molecule has 2 aliphatic heterocycles. The molecule has 0 atom stereocenters. The van der Waals surface area contributed by atoms with Crippen molar-refractivity contribution in [3.63, 3.8) is 0 Å². The number of amides is 1. The van der Waals surface area contributed by atoms with Crippen LogP contribution in [0.5, 0.6) is 5.75 Å². The molecule has 0 unspecified atom stereocenters. The first-order chi connectivity index (χ1) is 31.2. The number of piperidine rings is 1. The highest BCUT2D eigenvalue weighted by molar-refractivity contribution is 7.90. The highest BCUT2D eigenvalue weighted by Crippen LogP contribution is 2.44. The van der Waals surface area contributed by atoms with Gasteiger partial charge in [-0.25, -0.2) is 27.2 Å².